The molecule has 10 heteroatoms. The Morgan fingerprint density at radius 2 is 1.97 bits per heavy atom. The number of nitrogens with zero attached hydrogens (tertiary/aromatic N) is 2. The molecule has 0 saturated heterocycles. The molecule has 2 N–H and O–H groups in total. The second-order valence-corrected chi connectivity index (χ2v) is 10.3. The zero-order valence-electron chi connectivity index (χ0n) is 18.4. The van der Waals surface area contributed by atoms with Crippen molar-refractivity contribution in [3.05, 3.63) is 52.1 Å². The highest BCUT2D eigenvalue weighted by Gasteiger charge is 2.30. The molecule has 1 aliphatic heterocycles. The first-order chi connectivity index (χ1) is 15.1. The van der Waals surface area contributed by atoms with Gasteiger partial charge in [0.05, 0.1) is 18.2 Å². The van der Waals surface area contributed by atoms with Gasteiger partial charge in [-0.1, -0.05) is 6.07 Å². The minimum atomic E-state index is -3.39. The Labute approximate surface area is 186 Å². The maximum Gasteiger partial charge on any atom is 0.274 e. The van der Waals surface area contributed by atoms with E-state index in [1.54, 1.807) is 32.4 Å². The summed E-state index contributed by atoms with van der Waals surface area (Å²) >= 11 is 0. The lowest BCUT2D eigenvalue weighted by molar-refractivity contribution is -0.166. The van der Waals surface area contributed by atoms with Gasteiger partial charge in [0.15, 0.2) is 5.75 Å². The molecule has 170 valence electrons. The van der Waals surface area contributed by atoms with Crippen molar-refractivity contribution in [1.82, 2.24) is 19.3 Å². The molecule has 3 heterocycles. The molecule has 0 fully saturated rings. The summed E-state index contributed by atoms with van der Waals surface area (Å²) in [4.78, 5) is 34.2. The van der Waals surface area contributed by atoms with Crippen molar-refractivity contribution >= 4 is 26.8 Å². The predicted octanol–water partition coefficient (Wildman–Crippen LogP) is 2.06. The zero-order valence-corrected chi connectivity index (χ0v) is 19.2. The van der Waals surface area contributed by atoms with Gasteiger partial charge in [0.2, 0.25) is 10.0 Å². The Kier molecular flexibility index (Phi) is 5.59. The van der Waals surface area contributed by atoms with E-state index in [4.69, 9.17) is 4.84 Å². The van der Waals surface area contributed by atoms with Crippen molar-refractivity contribution in [2.45, 2.75) is 39.8 Å². The highest BCUT2D eigenvalue weighted by molar-refractivity contribution is 7.89. The summed E-state index contributed by atoms with van der Waals surface area (Å²) in [7, 11) is -1.72. The number of fused-ring (bicyclic) bond motifs is 2. The van der Waals surface area contributed by atoms with Gasteiger partial charge in [-0.2, -0.15) is 5.06 Å². The van der Waals surface area contributed by atoms with Crippen LogP contribution in [0.15, 0.2) is 35.4 Å². The van der Waals surface area contributed by atoms with Crippen molar-refractivity contribution in [1.29, 1.82) is 0 Å². The summed E-state index contributed by atoms with van der Waals surface area (Å²) in [6.45, 7) is 5.39. The molecular weight excluding hydrogens is 432 g/mol. The number of amides is 1. The second-order valence-electron chi connectivity index (χ2n) is 8.16. The molecular formula is C22H26N4O5S. The van der Waals surface area contributed by atoms with Crippen LogP contribution in [-0.2, 0) is 34.8 Å². The van der Waals surface area contributed by atoms with Crippen molar-refractivity contribution in [3.8, 4) is 16.9 Å². The minimum absolute atomic E-state index is 0.0273. The van der Waals surface area contributed by atoms with Crippen LogP contribution in [0.4, 0.5) is 0 Å². The van der Waals surface area contributed by atoms with Crippen molar-refractivity contribution < 1.29 is 18.0 Å². The summed E-state index contributed by atoms with van der Waals surface area (Å²) in [6, 6.07) is 5.30. The van der Waals surface area contributed by atoms with Crippen LogP contribution >= 0.6 is 0 Å². The molecule has 0 spiro atoms. The van der Waals surface area contributed by atoms with Crippen LogP contribution in [0.1, 0.15) is 31.9 Å². The first kappa shape index (κ1) is 22.1. The molecule has 1 amide bonds. The van der Waals surface area contributed by atoms with Gasteiger partial charge >= 0.3 is 0 Å². The Morgan fingerprint density at radius 1 is 1.22 bits per heavy atom. The van der Waals surface area contributed by atoms with Gasteiger partial charge < -0.3 is 14.4 Å². The number of nitrogens with one attached hydrogen (secondary N) is 2. The minimum Gasteiger partial charge on any atom is -0.376 e. The van der Waals surface area contributed by atoms with Crippen LogP contribution in [0.25, 0.3) is 22.0 Å². The fraction of sp³-hybridized carbons (Fsp3) is 0.364. The summed E-state index contributed by atoms with van der Waals surface area (Å²) in [5.41, 5.74) is 3.11. The SMILES string of the molecule is CCS(=O)(=O)NCc1cc2c(c(-c3cn(C)c(=O)c4[nH]ccc34)c1)ON(C(C)C)C(=O)C2. The number of aromatic amines is 1. The molecule has 4 rings (SSSR count). The third kappa shape index (κ3) is 3.91. The summed E-state index contributed by atoms with van der Waals surface area (Å²) in [6.07, 6.45) is 3.57. The topological polar surface area (TPSA) is 114 Å². The monoisotopic (exact) mass is 458 g/mol. The lowest BCUT2D eigenvalue weighted by Crippen LogP contribution is -2.43. The van der Waals surface area contributed by atoms with E-state index in [1.807, 2.05) is 26.0 Å². The van der Waals surface area contributed by atoms with E-state index >= 15 is 0 Å². The number of carbonyl (C=O) groups is 1. The number of aromatic nitrogens is 2. The zero-order chi connectivity index (χ0) is 23.2. The number of hydrogen-bond donors (Lipinski definition) is 2. The highest BCUT2D eigenvalue weighted by atomic mass is 32.2. The largest absolute Gasteiger partial charge is 0.376 e. The quantitative estimate of drug-likeness (QED) is 0.587. The van der Waals surface area contributed by atoms with Gasteiger partial charge in [0, 0.05) is 48.1 Å². The lowest BCUT2D eigenvalue weighted by Gasteiger charge is -2.32. The maximum absolute atomic E-state index is 12.6. The van der Waals surface area contributed by atoms with Crippen LogP contribution in [0.3, 0.4) is 0 Å². The van der Waals surface area contributed by atoms with Crippen LogP contribution in [0.2, 0.25) is 0 Å². The Hall–Kier alpha value is -3.11. The molecule has 0 unspecified atom stereocenters. The average molecular weight is 459 g/mol. The number of hydrogen-bond acceptors (Lipinski definition) is 5. The van der Waals surface area contributed by atoms with E-state index in [9.17, 15) is 18.0 Å². The fourth-order valence-electron chi connectivity index (χ4n) is 3.86. The number of hydroxylamine groups is 2. The molecule has 0 saturated carbocycles. The number of aryl methyl sites for hydroxylation is 1. The van der Waals surface area contributed by atoms with Crippen molar-refractivity contribution in [2.24, 2.45) is 7.05 Å². The summed E-state index contributed by atoms with van der Waals surface area (Å²) in [5, 5.41) is 2.07. The summed E-state index contributed by atoms with van der Waals surface area (Å²) in [5.74, 6) is 0.332. The molecule has 1 aliphatic rings. The fourth-order valence-corrected chi connectivity index (χ4v) is 4.45. The first-order valence-electron chi connectivity index (χ1n) is 10.4. The average Bonchev–Trinajstić information content (AvgIpc) is 3.24. The first-order valence-corrected chi connectivity index (χ1v) is 12.1. The predicted molar refractivity (Wildman–Crippen MR) is 122 cm³/mol. The lowest BCUT2D eigenvalue weighted by atomic mass is 9.95. The number of benzene rings is 1. The Balaban J connectivity index is 1.93. The van der Waals surface area contributed by atoms with Crippen LogP contribution in [0, 0.1) is 0 Å². The number of pyridine rings is 1. The van der Waals surface area contributed by atoms with Crippen LogP contribution in [0.5, 0.6) is 5.75 Å². The maximum atomic E-state index is 12.6. The van der Waals surface area contributed by atoms with Gasteiger partial charge in [-0.05, 0) is 38.5 Å². The molecule has 3 aromatic rings. The molecule has 9 nitrogen and oxygen atoms in total. The van der Waals surface area contributed by atoms with E-state index < -0.39 is 10.0 Å². The number of rotatable bonds is 6. The van der Waals surface area contributed by atoms with Crippen molar-refractivity contribution in [3.63, 3.8) is 0 Å². The number of H-pyrrole nitrogens is 1. The normalized spacial score (nSPS) is 14.2. The van der Waals surface area contributed by atoms with E-state index in [-0.39, 0.29) is 36.2 Å². The molecule has 2 aromatic heterocycles. The van der Waals surface area contributed by atoms with Gasteiger partial charge in [0.1, 0.15) is 5.52 Å². The van der Waals surface area contributed by atoms with Gasteiger partial charge in [-0.15, -0.1) is 0 Å². The molecule has 0 aliphatic carbocycles. The van der Waals surface area contributed by atoms with E-state index in [0.29, 0.717) is 28.0 Å². The smallest absolute Gasteiger partial charge is 0.274 e. The van der Waals surface area contributed by atoms with E-state index in [1.165, 1.54) is 9.63 Å². The number of carbonyl (C=O) groups excluding carboxylic acids is 1. The third-order valence-corrected chi connectivity index (χ3v) is 6.88. The molecule has 32 heavy (non-hydrogen) atoms. The summed E-state index contributed by atoms with van der Waals surface area (Å²) < 4.78 is 28.0. The van der Waals surface area contributed by atoms with Crippen LogP contribution < -0.4 is 15.1 Å². The Morgan fingerprint density at radius 3 is 2.66 bits per heavy atom. The molecule has 0 radical (unpaired) electrons. The van der Waals surface area contributed by atoms with Crippen LogP contribution in [-0.4, -0.2) is 40.7 Å². The molecule has 0 bridgehead atoms. The van der Waals surface area contributed by atoms with E-state index in [2.05, 4.69) is 9.71 Å². The van der Waals surface area contributed by atoms with Gasteiger partial charge in [-0.3, -0.25) is 9.59 Å². The molecule has 0 atom stereocenters. The van der Waals surface area contributed by atoms with E-state index in [0.717, 1.165) is 10.9 Å². The highest BCUT2D eigenvalue weighted by Crippen LogP contribution is 2.40. The van der Waals surface area contributed by atoms with Gasteiger partial charge in [0.25, 0.3) is 11.5 Å². The Bertz CT molecular complexity index is 1370. The van der Waals surface area contributed by atoms with Crippen molar-refractivity contribution in [2.75, 3.05) is 5.75 Å². The second kappa shape index (κ2) is 8.10. The van der Waals surface area contributed by atoms with Gasteiger partial charge in [-0.25, -0.2) is 13.1 Å². The standard InChI is InChI=1S/C22H26N4O5S/c1-5-32(29,30)24-11-14-8-15-10-19(27)26(13(2)3)31-21(15)17(9-14)18-12-25(4)22(28)20-16(18)6-7-23-20/h6-9,12-13,23-24H,5,10-11H2,1-4H3. The number of sulfonamides is 1. The third-order valence-electron chi connectivity index (χ3n) is 5.53. The molecule has 1 aromatic carbocycles.